The van der Waals surface area contributed by atoms with Crippen LogP contribution in [0.4, 0.5) is 8.78 Å². The fourth-order valence-corrected chi connectivity index (χ4v) is 5.36. The van der Waals surface area contributed by atoms with Crippen molar-refractivity contribution in [2.24, 2.45) is 5.92 Å². The van der Waals surface area contributed by atoms with Crippen molar-refractivity contribution in [2.75, 3.05) is 0 Å². The summed E-state index contributed by atoms with van der Waals surface area (Å²) in [5.41, 5.74) is 1.47. The number of nitrogens with zero attached hydrogens (tertiary/aromatic N) is 3. The molecule has 0 saturated carbocycles. The first-order chi connectivity index (χ1) is 15.8. The average molecular weight is 464 g/mol. The van der Waals surface area contributed by atoms with Crippen molar-refractivity contribution >= 4 is 11.6 Å². The number of aliphatic hydroxyl groups is 1. The molecule has 2 heterocycles. The summed E-state index contributed by atoms with van der Waals surface area (Å²) in [7, 11) is 0. The molecule has 1 aromatic heterocycles. The number of halogens is 3. The van der Waals surface area contributed by atoms with E-state index >= 15 is 0 Å². The molecule has 2 aliphatic rings. The molecule has 0 bridgehead atoms. The van der Waals surface area contributed by atoms with Crippen molar-refractivity contribution in [3.05, 3.63) is 112 Å². The summed E-state index contributed by atoms with van der Waals surface area (Å²) in [6.07, 6.45) is 9.21. The van der Waals surface area contributed by atoms with Crippen LogP contribution < -0.4 is 0 Å². The molecule has 1 N–H and O–H groups in total. The zero-order chi connectivity index (χ0) is 23.3. The Kier molecular flexibility index (Phi) is 5.19. The summed E-state index contributed by atoms with van der Waals surface area (Å²) in [5, 5.41) is 21.1. The molecule has 33 heavy (non-hydrogen) atoms. The molecule has 4 nitrogen and oxygen atoms in total. The van der Waals surface area contributed by atoms with E-state index < -0.39 is 23.3 Å². The minimum absolute atomic E-state index is 0.0539. The first-order valence-corrected chi connectivity index (χ1v) is 11.0. The van der Waals surface area contributed by atoms with Crippen LogP contribution in [0.15, 0.2) is 72.7 Å². The van der Waals surface area contributed by atoms with Gasteiger partial charge in [-0.3, -0.25) is 0 Å². The Labute approximate surface area is 195 Å². The molecule has 3 aromatic rings. The zero-order valence-corrected chi connectivity index (χ0v) is 18.5. The second-order valence-electron chi connectivity index (χ2n) is 8.61. The number of hydrogen-bond acceptors (Lipinski definition) is 3. The van der Waals surface area contributed by atoms with Crippen LogP contribution in [0, 0.1) is 28.9 Å². The van der Waals surface area contributed by atoms with Crippen LogP contribution in [0.5, 0.6) is 0 Å². The number of allylic oxidation sites excluding steroid dienone is 3. The fraction of sp³-hybridized carbons (Fsp3) is 0.231. The predicted molar refractivity (Wildman–Crippen MR) is 121 cm³/mol. The molecule has 4 unspecified atom stereocenters. The van der Waals surface area contributed by atoms with Crippen LogP contribution in [-0.4, -0.2) is 14.7 Å². The zero-order valence-electron chi connectivity index (χ0n) is 17.7. The maximum atomic E-state index is 14.9. The number of aromatic nitrogens is 2. The predicted octanol–water partition coefficient (Wildman–Crippen LogP) is 5.78. The molecule has 1 aliphatic heterocycles. The third-order valence-electron chi connectivity index (χ3n) is 6.83. The van der Waals surface area contributed by atoms with Crippen LogP contribution in [0.25, 0.3) is 0 Å². The summed E-state index contributed by atoms with van der Waals surface area (Å²) >= 11 is 6.02. The van der Waals surface area contributed by atoms with Crippen molar-refractivity contribution < 1.29 is 13.9 Å². The maximum absolute atomic E-state index is 14.9. The molecule has 4 atom stereocenters. The Bertz CT molecular complexity index is 1360. The number of fused-ring (bicyclic) bond motifs is 1. The van der Waals surface area contributed by atoms with E-state index in [9.17, 15) is 13.9 Å². The molecule has 0 amide bonds. The quantitative estimate of drug-likeness (QED) is 0.535. The lowest BCUT2D eigenvalue weighted by Gasteiger charge is -2.35. The first-order valence-electron chi connectivity index (χ1n) is 10.6. The van der Waals surface area contributed by atoms with Crippen molar-refractivity contribution in [1.29, 1.82) is 5.26 Å². The lowest BCUT2D eigenvalue weighted by molar-refractivity contribution is 0.0627. The maximum Gasteiger partial charge on any atom is 0.141 e. The molecule has 0 spiro atoms. The summed E-state index contributed by atoms with van der Waals surface area (Å²) in [6, 6.07) is 10.5. The minimum atomic E-state index is -1.37. The van der Waals surface area contributed by atoms with Crippen LogP contribution in [-0.2, 0) is 5.60 Å². The summed E-state index contributed by atoms with van der Waals surface area (Å²) in [4.78, 5) is 4.22. The molecule has 5 rings (SSSR count). The Morgan fingerprint density at radius 2 is 2.03 bits per heavy atom. The third kappa shape index (κ3) is 3.40. The topological polar surface area (TPSA) is 61.8 Å². The summed E-state index contributed by atoms with van der Waals surface area (Å²) in [5.74, 6) is -1.22. The molecule has 0 radical (unpaired) electrons. The second kappa shape index (κ2) is 7.95. The minimum Gasteiger partial charge on any atom is -0.379 e. The normalized spacial score (nSPS) is 26.1. The number of imidazole rings is 1. The Hall–Kier alpha value is -3.27. The molecule has 0 saturated heterocycles. The summed E-state index contributed by atoms with van der Waals surface area (Å²) < 4.78 is 30.4. The van der Waals surface area contributed by atoms with Crippen molar-refractivity contribution in [1.82, 2.24) is 9.55 Å². The number of nitriles is 1. The van der Waals surface area contributed by atoms with Crippen molar-refractivity contribution in [3.8, 4) is 6.07 Å². The Morgan fingerprint density at radius 1 is 1.21 bits per heavy atom. The van der Waals surface area contributed by atoms with Gasteiger partial charge in [-0.15, -0.1) is 0 Å². The van der Waals surface area contributed by atoms with Crippen molar-refractivity contribution in [2.45, 2.75) is 30.9 Å². The first kappa shape index (κ1) is 21.6. The highest BCUT2D eigenvalue weighted by Crippen LogP contribution is 2.52. The van der Waals surface area contributed by atoms with Gasteiger partial charge in [-0.1, -0.05) is 48.9 Å². The van der Waals surface area contributed by atoms with E-state index in [-0.39, 0.29) is 28.8 Å². The van der Waals surface area contributed by atoms with E-state index in [0.29, 0.717) is 11.3 Å². The molecule has 166 valence electrons. The van der Waals surface area contributed by atoms with Gasteiger partial charge in [0.1, 0.15) is 17.2 Å². The van der Waals surface area contributed by atoms with Gasteiger partial charge < -0.3 is 9.67 Å². The van der Waals surface area contributed by atoms with E-state index in [0.717, 1.165) is 11.1 Å². The van der Waals surface area contributed by atoms with Gasteiger partial charge in [-0.25, -0.2) is 13.8 Å². The number of rotatable bonds is 3. The van der Waals surface area contributed by atoms with E-state index in [1.54, 1.807) is 41.4 Å². The van der Waals surface area contributed by atoms with Gasteiger partial charge in [-0.05, 0) is 41.3 Å². The van der Waals surface area contributed by atoms with E-state index in [4.69, 9.17) is 16.9 Å². The van der Waals surface area contributed by atoms with Gasteiger partial charge >= 0.3 is 0 Å². The van der Waals surface area contributed by atoms with Crippen LogP contribution >= 0.6 is 11.6 Å². The average Bonchev–Trinajstić information content (AvgIpc) is 3.39. The van der Waals surface area contributed by atoms with Crippen LogP contribution in [0.2, 0.25) is 5.02 Å². The SMILES string of the molecule is CC1C(C2(O)CC(c3ccc(C#N)cc3F)n3cncc32)=CC=CC1c1ccc(F)c(Cl)c1. The smallest absolute Gasteiger partial charge is 0.141 e. The second-order valence-corrected chi connectivity index (χ2v) is 9.02. The Morgan fingerprint density at radius 3 is 2.76 bits per heavy atom. The highest BCUT2D eigenvalue weighted by molar-refractivity contribution is 6.30. The standard InChI is InChI=1S/C26H20ClF2N3O/c1-15-18(17-6-8-22(28)21(27)10-17)3-2-4-20(15)26(33)11-24(32-14-31-13-25(26)32)19-7-5-16(12-30)9-23(19)29/h2-10,13-15,18,24,33H,11H2,1H3. The molecule has 7 heteroatoms. The fourth-order valence-electron chi connectivity index (χ4n) is 5.17. The summed E-state index contributed by atoms with van der Waals surface area (Å²) in [6.45, 7) is 2.01. The molecular formula is C26H20ClF2N3O. The molecule has 0 fully saturated rings. The highest BCUT2D eigenvalue weighted by atomic mass is 35.5. The van der Waals surface area contributed by atoms with Crippen molar-refractivity contribution in [3.63, 3.8) is 0 Å². The molecular weight excluding hydrogens is 444 g/mol. The van der Waals surface area contributed by atoms with Gasteiger partial charge in [0.25, 0.3) is 0 Å². The third-order valence-corrected chi connectivity index (χ3v) is 7.12. The van der Waals surface area contributed by atoms with Crippen LogP contribution in [0.1, 0.15) is 47.7 Å². The van der Waals surface area contributed by atoms with Gasteiger partial charge in [0.2, 0.25) is 0 Å². The largest absolute Gasteiger partial charge is 0.379 e. The highest BCUT2D eigenvalue weighted by Gasteiger charge is 2.49. The lowest BCUT2D eigenvalue weighted by atomic mass is 9.71. The van der Waals surface area contributed by atoms with Gasteiger partial charge in [-0.2, -0.15) is 5.26 Å². The van der Waals surface area contributed by atoms with Gasteiger partial charge in [0.05, 0.1) is 40.9 Å². The number of benzene rings is 2. The number of hydrogen-bond donors (Lipinski definition) is 1. The molecule has 1 aliphatic carbocycles. The van der Waals surface area contributed by atoms with Crippen LogP contribution in [0.3, 0.4) is 0 Å². The monoisotopic (exact) mass is 463 g/mol. The van der Waals surface area contributed by atoms with Gasteiger partial charge in [0, 0.05) is 17.9 Å². The lowest BCUT2D eigenvalue weighted by Crippen LogP contribution is -2.32. The van der Waals surface area contributed by atoms with E-state index in [1.165, 1.54) is 12.1 Å². The van der Waals surface area contributed by atoms with E-state index in [1.807, 2.05) is 31.2 Å². The Balaban J connectivity index is 1.53. The van der Waals surface area contributed by atoms with E-state index in [2.05, 4.69) is 4.98 Å². The van der Waals surface area contributed by atoms with Gasteiger partial charge in [0.15, 0.2) is 0 Å². The molecule has 2 aromatic carbocycles.